The highest BCUT2D eigenvalue weighted by atomic mass is 19.1. The lowest BCUT2D eigenvalue weighted by Crippen LogP contribution is -2.47. The van der Waals surface area contributed by atoms with Gasteiger partial charge in [-0.05, 0) is 30.3 Å². The van der Waals surface area contributed by atoms with E-state index in [1.165, 1.54) is 6.07 Å². The normalized spacial score (nSPS) is 14.6. The van der Waals surface area contributed by atoms with Crippen molar-refractivity contribution in [3.63, 3.8) is 0 Å². The largest absolute Gasteiger partial charge is 0.366 e. The van der Waals surface area contributed by atoms with Gasteiger partial charge in [0.15, 0.2) is 5.82 Å². The molecule has 1 aromatic carbocycles. The van der Waals surface area contributed by atoms with Gasteiger partial charge in [-0.2, -0.15) is 5.10 Å². The number of benzene rings is 1. The SMILES string of the molecule is Cn1ccc(-c2ccc3ncnc(N4CCN(c5ccccc5F)CC4)c3n2)n1. The predicted molar refractivity (Wildman–Crippen MR) is 110 cm³/mol. The molecule has 0 N–H and O–H groups in total. The van der Waals surface area contributed by atoms with E-state index in [9.17, 15) is 4.39 Å². The van der Waals surface area contributed by atoms with Crippen LogP contribution in [0.5, 0.6) is 0 Å². The van der Waals surface area contributed by atoms with E-state index in [-0.39, 0.29) is 5.82 Å². The highest BCUT2D eigenvalue weighted by Crippen LogP contribution is 2.27. The number of pyridine rings is 1. The molecule has 8 heteroatoms. The first kappa shape index (κ1) is 17.5. The fraction of sp³-hybridized carbons (Fsp3) is 0.238. The molecule has 0 unspecified atom stereocenters. The molecule has 7 nitrogen and oxygen atoms in total. The Morgan fingerprint density at radius 2 is 1.66 bits per heavy atom. The number of aromatic nitrogens is 5. The summed E-state index contributed by atoms with van der Waals surface area (Å²) in [7, 11) is 1.88. The summed E-state index contributed by atoms with van der Waals surface area (Å²) >= 11 is 0. The van der Waals surface area contributed by atoms with Gasteiger partial charge in [0, 0.05) is 39.4 Å². The third-order valence-corrected chi connectivity index (χ3v) is 5.21. The Labute approximate surface area is 167 Å². The van der Waals surface area contributed by atoms with Crippen LogP contribution in [0.25, 0.3) is 22.4 Å². The standard InChI is InChI=1S/C21H20FN7/c1-27-9-8-17(26-27)16-6-7-18-20(25-16)21(24-14-23-18)29-12-10-28(11-13-29)19-5-3-2-4-15(19)22/h2-9,14H,10-13H2,1H3. The molecule has 4 heterocycles. The minimum atomic E-state index is -0.185. The topological polar surface area (TPSA) is 63.0 Å². The Bertz CT molecular complexity index is 1160. The number of rotatable bonds is 3. The third kappa shape index (κ3) is 3.26. The molecule has 0 radical (unpaired) electrons. The molecule has 4 aromatic rings. The van der Waals surface area contributed by atoms with Gasteiger partial charge in [-0.25, -0.2) is 19.3 Å². The Balaban J connectivity index is 1.44. The van der Waals surface area contributed by atoms with Crippen molar-refractivity contribution in [1.82, 2.24) is 24.7 Å². The van der Waals surface area contributed by atoms with Crippen LogP contribution < -0.4 is 9.80 Å². The van der Waals surface area contributed by atoms with Crippen molar-refractivity contribution in [2.24, 2.45) is 7.05 Å². The maximum Gasteiger partial charge on any atom is 0.158 e. The maximum absolute atomic E-state index is 14.1. The summed E-state index contributed by atoms with van der Waals surface area (Å²) in [5.74, 6) is 0.621. The quantitative estimate of drug-likeness (QED) is 0.537. The number of hydrogen-bond donors (Lipinski definition) is 0. The smallest absolute Gasteiger partial charge is 0.158 e. The second-order valence-electron chi connectivity index (χ2n) is 7.06. The van der Waals surface area contributed by atoms with Gasteiger partial charge in [0.1, 0.15) is 23.4 Å². The van der Waals surface area contributed by atoms with E-state index in [0.717, 1.165) is 41.3 Å². The molecule has 5 rings (SSSR count). The number of aryl methyl sites for hydroxylation is 1. The van der Waals surface area contributed by atoms with Crippen LogP contribution in [0, 0.1) is 5.82 Å². The van der Waals surface area contributed by atoms with Gasteiger partial charge in [-0.15, -0.1) is 0 Å². The second kappa shape index (κ2) is 7.12. The Morgan fingerprint density at radius 3 is 2.41 bits per heavy atom. The van der Waals surface area contributed by atoms with Crippen LogP contribution in [-0.4, -0.2) is 50.9 Å². The van der Waals surface area contributed by atoms with E-state index in [0.29, 0.717) is 18.8 Å². The van der Waals surface area contributed by atoms with Crippen molar-refractivity contribution in [3.8, 4) is 11.4 Å². The monoisotopic (exact) mass is 389 g/mol. The molecule has 0 saturated carbocycles. The number of piperazine rings is 1. The van der Waals surface area contributed by atoms with Crippen molar-refractivity contribution in [3.05, 3.63) is 60.8 Å². The van der Waals surface area contributed by atoms with Crippen LogP contribution in [0.15, 0.2) is 55.0 Å². The van der Waals surface area contributed by atoms with E-state index < -0.39 is 0 Å². The highest BCUT2D eigenvalue weighted by Gasteiger charge is 2.22. The predicted octanol–water partition coefficient (Wildman–Crippen LogP) is 2.89. The van der Waals surface area contributed by atoms with Crippen LogP contribution in [0.3, 0.4) is 0 Å². The average Bonchev–Trinajstić information content (AvgIpc) is 3.20. The van der Waals surface area contributed by atoms with Crippen molar-refractivity contribution in [1.29, 1.82) is 0 Å². The summed E-state index contributed by atoms with van der Waals surface area (Å²) in [5.41, 5.74) is 3.81. The van der Waals surface area contributed by atoms with Gasteiger partial charge in [-0.1, -0.05) is 12.1 Å². The van der Waals surface area contributed by atoms with E-state index in [2.05, 4.69) is 24.9 Å². The molecule has 1 aliphatic heterocycles. The molecular formula is C21H20FN7. The molecule has 0 aliphatic carbocycles. The first-order valence-electron chi connectivity index (χ1n) is 9.55. The molecule has 146 valence electrons. The Hall–Kier alpha value is -3.55. The maximum atomic E-state index is 14.1. The van der Waals surface area contributed by atoms with Crippen LogP contribution in [0.1, 0.15) is 0 Å². The number of hydrogen-bond acceptors (Lipinski definition) is 6. The molecular weight excluding hydrogens is 369 g/mol. The number of halogens is 1. The zero-order chi connectivity index (χ0) is 19.8. The summed E-state index contributed by atoms with van der Waals surface area (Å²) in [6.45, 7) is 2.89. The van der Waals surface area contributed by atoms with Crippen LogP contribution in [0.4, 0.5) is 15.9 Å². The number of nitrogens with zero attached hydrogens (tertiary/aromatic N) is 7. The van der Waals surface area contributed by atoms with Gasteiger partial charge in [0.25, 0.3) is 0 Å². The number of anilines is 2. The summed E-state index contributed by atoms with van der Waals surface area (Å²) in [6.07, 6.45) is 3.47. The van der Waals surface area contributed by atoms with E-state index in [1.54, 1.807) is 17.1 Å². The Morgan fingerprint density at radius 1 is 0.862 bits per heavy atom. The first-order chi connectivity index (χ1) is 14.2. The summed E-state index contributed by atoms with van der Waals surface area (Å²) < 4.78 is 15.9. The minimum Gasteiger partial charge on any atom is -0.366 e. The zero-order valence-electron chi connectivity index (χ0n) is 16.0. The average molecular weight is 389 g/mol. The summed E-state index contributed by atoms with van der Waals surface area (Å²) in [4.78, 5) is 18.0. The number of para-hydroxylation sites is 1. The lowest BCUT2D eigenvalue weighted by atomic mass is 10.2. The van der Waals surface area contributed by atoms with Gasteiger partial charge in [0.2, 0.25) is 0 Å². The lowest BCUT2D eigenvalue weighted by molar-refractivity contribution is 0.596. The molecule has 3 aromatic heterocycles. The van der Waals surface area contributed by atoms with Crippen LogP contribution in [0.2, 0.25) is 0 Å². The molecule has 0 amide bonds. The van der Waals surface area contributed by atoms with E-state index >= 15 is 0 Å². The van der Waals surface area contributed by atoms with Crippen LogP contribution in [-0.2, 0) is 7.05 Å². The van der Waals surface area contributed by atoms with Gasteiger partial charge in [-0.3, -0.25) is 4.68 Å². The molecule has 1 saturated heterocycles. The molecule has 0 atom stereocenters. The van der Waals surface area contributed by atoms with Crippen LogP contribution >= 0.6 is 0 Å². The molecule has 0 bridgehead atoms. The Kier molecular flexibility index (Phi) is 4.31. The summed E-state index contributed by atoms with van der Waals surface area (Å²) in [5, 5.41) is 4.44. The fourth-order valence-electron chi connectivity index (χ4n) is 3.72. The zero-order valence-corrected chi connectivity index (χ0v) is 16.0. The molecule has 29 heavy (non-hydrogen) atoms. The molecule has 1 aliphatic rings. The van der Waals surface area contributed by atoms with Crippen molar-refractivity contribution in [2.45, 2.75) is 0 Å². The van der Waals surface area contributed by atoms with E-state index in [4.69, 9.17) is 4.98 Å². The lowest BCUT2D eigenvalue weighted by Gasteiger charge is -2.36. The minimum absolute atomic E-state index is 0.185. The van der Waals surface area contributed by atoms with Gasteiger partial charge in [0.05, 0.1) is 16.9 Å². The van der Waals surface area contributed by atoms with E-state index in [1.807, 2.05) is 43.6 Å². The summed E-state index contributed by atoms with van der Waals surface area (Å²) in [6, 6.07) is 12.7. The van der Waals surface area contributed by atoms with Gasteiger partial charge >= 0.3 is 0 Å². The highest BCUT2D eigenvalue weighted by molar-refractivity contribution is 5.87. The number of fused-ring (bicyclic) bond motifs is 1. The molecule has 0 spiro atoms. The second-order valence-corrected chi connectivity index (χ2v) is 7.06. The third-order valence-electron chi connectivity index (χ3n) is 5.21. The fourth-order valence-corrected chi connectivity index (χ4v) is 3.72. The van der Waals surface area contributed by atoms with Crippen molar-refractivity contribution < 1.29 is 4.39 Å². The first-order valence-corrected chi connectivity index (χ1v) is 9.55. The van der Waals surface area contributed by atoms with Crippen molar-refractivity contribution >= 4 is 22.5 Å². The molecule has 1 fully saturated rings. The van der Waals surface area contributed by atoms with Gasteiger partial charge < -0.3 is 9.80 Å². The van der Waals surface area contributed by atoms with Crippen molar-refractivity contribution in [2.75, 3.05) is 36.0 Å².